The van der Waals surface area contributed by atoms with Crippen molar-refractivity contribution in [3.8, 4) is 11.8 Å². The van der Waals surface area contributed by atoms with Crippen LogP contribution in [0.2, 0.25) is 0 Å². The molecule has 2 heterocycles. The molecule has 0 saturated heterocycles. The van der Waals surface area contributed by atoms with Gasteiger partial charge >= 0.3 is 0 Å². The van der Waals surface area contributed by atoms with E-state index in [0.717, 1.165) is 11.3 Å². The maximum Gasteiger partial charge on any atom is 0.131 e. The molecule has 0 aliphatic heterocycles. The van der Waals surface area contributed by atoms with E-state index in [1.807, 2.05) is 47.9 Å². The van der Waals surface area contributed by atoms with E-state index in [1.165, 1.54) is 0 Å². The molecule has 2 aromatic rings. The Kier molecular flexibility index (Phi) is 8.72. The molecule has 0 atom stereocenters. The third kappa shape index (κ3) is 6.37. The fourth-order valence-corrected chi connectivity index (χ4v) is 1.08. The molecule has 0 aromatic carbocycles. The number of aromatic nitrogens is 4. The number of rotatable bonds is 0. The third-order valence-corrected chi connectivity index (χ3v) is 1.82. The van der Waals surface area contributed by atoms with Crippen LogP contribution in [0.15, 0.2) is 24.8 Å². The lowest BCUT2D eigenvalue weighted by atomic mass is 10.3. The van der Waals surface area contributed by atoms with Crippen LogP contribution in [0.4, 0.5) is 0 Å². The molecule has 0 radical (unpaired) electrons. The highest BCUT2D eigenvalue weighted by molar-refractivity contribution is 5.36. The first-order chi connectivity index (χ1) is 9.24. The summed E-state index contributed by atoms with van der Waals surface area (Å²) in [5, 5.41) is 4.02. The van der Waals surface area contributed by atoms with E-state index in [-0.39, 0.29) is 0 Å². The van der Waals surface area contributed by atoms with Crippen LogP contribution in [-0.4, -0.2) is 19.7 Å². The van der Waals surface area contributed by atoms with Gasteiger partial charge < -0.3 is 0 Å². The minimum atomic E-state index is 0.671. The molecule has 0 aliphatic rings. The quantitative estimate of drug-likeness (QED) is 0.682. The Morgan fingerprint density at radius 3 is 2.11 bits per heavy atom. The third-order valence-electron chi connectivity index (χ3n) is 1.82. The fraction of sp³-hybridized carbons (Fsp3) is 0.400. The molecule has 2 rings (SSSR count). The summed E-state index contributed by atoms with van der Waals surface area (Å²) in [6, 6.07) is 0. The first-order valence-electron chi connectivity index (χ1n) is 6.53. The van der Waals surface area contributed by atoms with Gasteiger partial charge in [-0.2, -0.15) is 5.10 Å². The van der Waals surface area contributed by atoms with Gasteiger partial charge in [0.25, 0.3) is 0 Å². The summed E-state index contributed by atoms with van der Waals surface area (Å²) in [5.74, 6) is 5.89. The standard InChI is InChI=1S/C11H10N4.2C2H6/c1-9-5-13-11(7-12-9)4-3-10-6-14-15(2)8-10;2*1-2/h5-8H,1-2H3;2*1-2H3. The van der Waals surface area contributed by atoms with Gasteiger partial charge in [-0.05, 0) is 12.8 Å². The number of hydrogen-bond donors (Lipinski definition) is 0. The Labute approximate surface area is 115 Å². The number of aryl methyl sites for hydroxylation is 2. The zero-order valence-corrected chi connectivity index (χ0v) is 12.6. The second-order valence-electron chi connectivity index (χ2n) is 3.20. The Morgan fingerprint density at radius 1 is 0.947 bits per heavy atom. The molecule has 2 aromatic heterocycles. The van der Waals surface area contributed by atoms with Gasteiger partial charge in [0.05, 0.1) is 23.7 Å². The molecule has 0 unspecified atom stereocenters. The topological polar surface area (TPSA) is 43.6 Å². The average Bonchev–Trinajstić information content (AvgIpc) is 2.88. The van der Waals surface area contributed by atoms with E-state index in [1.54, 1.807) is 23.3 Å². The summed E-state index contributed by atoms with van der Waals surface area (Å²) in [6.45, 7) is 9.89. The van der Waals surface area contributed by atoms with Crippen molar-refractivity contribution in [1.29, 1.82) is 0 Å². The molecular formula is C15H22N4. The van der Waals surface area contributed by atoms with Crippen molar-refractivity contribution in [3.05, 3.63) is 41.7 Å². The lowest BCUT2D eigenvalue weighted by Crippen LogP contribution is -1.86. The highest BCUT2D eigenvalue weighted by Crippen LogP contribution is 1.95. The second-order valence-corrected chi connectivity index (χ2v) is 3.20. The zero-order valence-electron chi connectivity index (χ0n) is 12.6. The van der Waals surface area contributed by atoms with Gasteiger partial charge in [0.2, 0.25) is 0 Å². The van der Waals surface area contributed by atoms with Gasteiger partial charge in [0, 0.05) is 19.4 Å². The summed E-state index contributed by atoms with van der Waals surface area (Å²) in [4.78, 5) is 8.25. The van der Waals surface area contributed by atoms with Crippen LogP contribution in [0.5, 0.6) is 0 Å². The molecule has 0 spiro atoms. The van der Waals surface area contributed by atoms with Crippen molar-refractivity contribution in [2.24, 2.45) is 7.05 Å². The number of hydrogen-bond acceptors (Lipinski definition) is 3. The van der Waals surface area contributed by atoms with Crippen molar-refractivity contribution in [2.75, 3.05) is 0 Å². The molecule has 0 saturated carbocycles. The second kappa shape index (κ2) is 9.84. The molecule has 0 aliphatic carbocycles. The van der Waals surface area contributed by atoms with Crippen molar-refractivity contribution in [3.63, 3.8) is 0 Å². The highest BCUT2D eigenvalue weighted by Gasteiger charge is 1.91. The Hall–Kier alpha value is -2.15. The fourth-order valence-electron chi connectivity index (χ4n) is 1.08. The smallest absolute Gasteiger partial charge is 0.131 e. The van der Waals surface area contributed by atoms with Gasteiger partial charge in [0.1, 0.15) is 5.69 Å². The van der Waals surface area contributed by atoms with E-state index in [2.05, 4.69) is 26.9 Å². The summed E-state index contributed by atoms with van der Waals surface area (Å²) in [5.41, 5.74) is 2.44. The first kappa shape index (κ1) is 16.9. The van der Waals surface area contributed by atoms with Crippen LogP contribution >= 0.6 is 0 Å². The van der Waals surface area contributed by atoms with Gasteiger partial charge in [-0.3, -0.25) is 9.67 Å². The lowest BCUT2D eigenvalue weighted by Gasteiger charge is -1.89. The summed E-state index contributed by atoms with van der Waals surface area (Å²) < 4.78 is 1.71. The van der Waals surface area contributed by atoms with E-state index < -0.39 is 0 Å². The maximum absolute atomic E-state index is 4.14. The summed E-state index contributed by atoms with van der Waals surface area (Å²) >= 11 is 0. The highest BCUT2D eigenvalue weighted by atomic mass is 15.2. The minimum absolute atomic E-state index is 0.671. The van der Waals surface area contributed by atoms with E-state index in [4.69, 9.17) is 0 Å². The zero-order chi connectivity index (χ0) is 14.7. The normalized spacial score (nSPS) is 8.11. The van der Waals surface area contributed by atoms with Crippen LogP contribution in [0.3, 0.4) is 0 Å². The van der Waals surface area contributed by atoms with Crippen LogP contribution < -0.4 is 0 Å². The Morgan fingerprint density at radius 2 is 1.63 bits per heavy atom. The SMILES string of the molecule is CC.CC.Cc1cnc(C#Cc2cnn(C)c2)cn1. The first-order valence-corrected chi connectivity index (χ1v) is 6.53. The van der Waals surface area contributed by atoms with Gasteiger partial charge in [0.15, 0.2) is 0 Å². The largest absolute Gasteiger partial charge is 0.275 e. The molecule has 4 nitrogen and oxygen atoms in total. The predicted octanol–water partition coefficient (Wildman–Crippen LogP) is 2.97. The maximum atomic E-state index is 4.14. The van der Waals surface area contributed by atoms with Crippen LogP contribution in [0.25, 0.3) is 0 Å². The average molecular weight is 258 g/mol. The van der Waals surface area contributed by atoms with Crippen molar-refractivity contribution in [2.45, 2.75) is 34.6 Å². The van der Waals surface area contributed by atoms with Crippen LogP contribution in [0.1, 0.15) is 44.6 Å². The van der Waals surface area contributed by atoms with Crippen molar-refractivity contribution >= 4 is 0 Å². The minimum Gasteiger partial charge on any atom is -0.275 e. The molecule has 0 amide bonds. The molecule has 0 N–H and O–H groups in total. The van der Waals surface area contributed by atoms with Gasteiger partial charge in [-0.1, -0.05) is 33.6 Å². The van der Waals surface area contributed by atoms with Gasteiger partial charge in [-0.25, -0.2) is 4.98 Å². The van der Waals surface area contributed by atoms with Crippen molar-refractivity contribution < 1.29 is 0 Å². The Bertz CT molecular complexity index is 515. The lowest BCUT2D eigenvalue weighted by molar-refractivity contribution is 0.767. The molecule has 4 heteroatoms. The van der Waals surface area contributed by atoms with E-state index in [9.17, 15) is 0 Å². The predicted molar refractivity (Wildman–Crippen MR) is 78.7 cm³/mol. The van der Waals surface area contributed by atoms with Gasteiger partial charge in [-0.15, -0.1) is 0 Å². The summed E-state index contributed by atoms with van der Waals surface area (Å²) in [7, 11) is 1.86. The van der Waals surface area contributed by atoms with Crippen molar-refractivity contribution in [1.82, 2.24) is 19.7 Å². The van der Waals surface area contributed by atoms with E-state index >= 15 is 0 Å². The monoisotopic (exact) mass is 258 g/mol. The van der Waals surface area contributed by atoms with Crippen LogP contribution in [-0.2, 0) is 7.05 Å². The Balaban J connectivity index is 0.000000741. The molecular weight excluding hydrogens is 236 g/mol. The molecule has 0 bridgehead atoms. The van der Waals surface area contributed by atoms with Crippen LogP contribution in [0, 0.1) is 18.8 Å². The molecule has 0 fully saturated rings. The summed E-state index contributed by atoms with van der Waals surface area (Å²) in [6.07, 6.45) is 6.94. The molecule has 19 heavy (non-hydrogen) atoms. The number of nitrogens with zero attached hydrogens (tertiary/aromatic N) is 4. The van der Waals surface area contributed by atoms with E-state index in [0.29, 0.717) is 5.69 Å². The molecule has 102 valence electrons.